The molecule has 2 aromatic rings. The van der Waals surface area contributed by atoms with Crippen molar-refractivity contribution in [2.75, 3.05) is 25.1 Å². The number of nitrogens with two attached hydrogens (primary N) is 1. The topological polar surface area (TPSA) is 93.9 Å². The van der Waals surface area contributed by atoms with E-state index in [1.54, 1.807) is 17.0 Å². The van der Waals surface area contributed by atoms with E-state index in [1.807, 2.05) is 24.3 Å². The van der Waals surface area contributed by atoms with Gasteiger partial charge in [-0.1, -0.05) is 35.9 Å². The predicted molar refractivity (Wildman–Crippen MR) is 105 cm³/mol. The van der Waals surface area contributed by atoms with Crippen molar-refractivity contribution in [3.8, 4) is 11.5 Å². The van der Waals surface area contributed by atoms with Gasteiger partial charge in [-0.05, 0) is 17.5 Å². The third-order valence-corrected chi connectivity index (χ3v) is 5.24. The summed E-state index contributed by atoms with van der Waals surface area (Å²) in [5.74, 6) is 0.354. The number of hydrogen-bond acceptors (Lipinski definition) is 5. The Hall–Kier alpha value is -2.77. The van der Waals surface area contributed by atoms with E-state index in [4.69, 9.17) is 26.8 Å². The molecule has 28 heavy (non-hydrogen) atoms. The average Bonchev–Trinajstić information content (AvgIpc) is 2.68. The maximum atomic E-state index is 12.6. The molecule has 8 heteroatoms. The number of nitrogens with one attached hydrogen (secondary N) is 1. The molecule has 2 amide bonds. The lowest BCUT2D eigenvalue weighted by Crippen LogP contribution is -2.50. The summed E-state index contributed by atoms with van der Waals surface area (Å²) in [7, 11) is 0. The first kappa shape index (κ1) is 18.6. The summed E-state index contributed by atoms with van der Waals surface area (Å²) in [6, 6.07) is 10.6. The molecule has 0 aromatic heterocycles. The number of hydrogen-bond donors (Lipinski definition) is 2. The molecule has 2 heterocycles. The molecule has 1 atom stereocenters. The third kappa shape index (κ3) is 3.76. The van der Waals surface area contributed by atoms with Crippen molar-refractivity contribution in [3.05, 3.63) is 52.5 Å². The maximum Gasteiger partial charge on any atom is 0.238 e. The van der Waals surface area contributed by atoms with Gasteiger partial charge in [-0.15, -0.1) is 0 Å². The van der Waals surface area contributed by atoms with E-state index in [1.165, 1.54) is 0 Å². The molecule has 0 aliphatic carbocycles. The molecule has 0 bridgehead atoms. The van der Waals surface area contributed by atoms with Crippen LogP contribution in [0.4, 0.5) is 5.69 Å². The lowest BCUT2D eigenvalue weighted by atomic mass is 9.93. The van der Waals surface area contributed by atoms with Crippen LogP contribution in [-0.4, -0.2) is 42.5 Å². The lowest BCUT2D eigenvalue weighted by molar-refractivity contribution is -0.125. The molecule has 0 saturated heterocycles. The smallest absolute Gasteiger partial charge is 0.238 e. The molecule has 0 fully saturated rings. The molecule has 2 aliphatic heterocycles. The van der Waals surface area contributed by atoms with Gasteiger partial charge in [0.2, 0.25) is 11.8 Å². The number of rotatable bonds is 4. The fourth-order valence-electron chi connectivity index (χ4n) is 3.56. The van der Waals surface area contributed by atoms with Crippen LogP contribution in [0.15, 0.2) is 36.4 Å². The first-order chi connectivity index (χ1) is 13.5. The van der Waals surface area contributed by atoms with Gasteiger partial charge in [0.05, 0.1) is 23.3 Å². The summed E-state index contributed by atoms with van der Waals surface area (Å²) >= 11 is 6.26. The molecule has 0 saturated carbocycles. The molecule has 0 spiro atoms. The summed E-state index contributed by atoms with van der Waals surface area (Å²) in [6.07, 6.45) is 0.490. The van der Waals surface area contributed by atoms with Crippen LogP contribution in [0.25, 0.3) is 0 Å². The third-order valence-electron chi connectivity index (χ3n) is 4.93. The van der Waals surface area contributed by atoms with Crippen LogP contribution in [0.2, 0.25) is 5.02 Å². The molecule has 0 radical (unpaired) electrons. The highest BCUT2D eigenvalue weighted by Gasteiger charge is 2.31. The molecule has 146 valence electrons. The van der Waals surface area contributed by atoms with Crippen molar-refractivity contribution in [2.45, 2.75) is 19.0 Å². The second-order valence-electron chi connectivity index (χ2n) is 6.82. The number of benzene rings is 2. The standard InChI is InChI=1S/C20H20ClN3O4/c21-14-8-17-18(28-6-5-27-17)9-15(14)23-19(25)11-24-10-13-4-2-1-3-12(13)7-16(24)20(22)26/h1-4,8-9,16H,5-7,10-11H2,(H2,22,26)(H,23,25). The van der Waals surface area contributed by atoms with Crippen LogP contribution >= 0.6 is 11.6 Å². The SMILES string of the molecule is NC(=O)C1Cc2ccccc2CN1CC(=O)Nc1cc2c(cc1Cl)OCCO2. The number of halogens is 1. The zero-order chi connectivity index (χ0) is 19.7. The van der Waals surface area contributed by atoms with Gasteiger partial charge in [0, 0.05) is 18.7 Å². The number of primary amides is 1. The number of anilines is 1. The van der Waals surface area contributed by atoms with Gasteiger partial charge < -0.3 is 20.5 Å². The minimum absolute atomic E-state index is 0.0205. The maximum absolute atomic E-state index is 12.6. The summed E-state index contributed by atoms with van der Waals surface area (Å²) in [5.41, 5.74) is 8.18. The fourth-order valence-corrected chi connectivity index (χ4v) is 3.76. The number of fused-ring (bicyclic) bond motifs is 2. The summed E-state index contributed by atoms with van der Waals surface area (Å²) < 4.78 is 11.0. The number of ether oxygens (including phenoxy) is 2. The Kier molecular flexibility index (Phi) is 5.11. The van der Waals surface area contributed by atoms with E-state index in [9.17, 15) is 9.59 Å². The van der Waals surface area contributed by atoms with Gasteiger partial charge in [0.1, 0.15) is 13.2 Å². The Labute approximate surface area is 167 Å². The van der Waals surface area contributed by atoms with Crippen molar-refractivity contribution in [1.29, 1.82) is 0 Å². The van der Waals surface area contributed by atoms with E-state index < -0.39 is 11.9 Å². The van der Waals surface area contributed by atoms with Gasteiger partial charge in [-0.3, -0.25) is 14.5 Å². The van der Waals surface area contributed by atoms with Crippen LogP contribution < -0.4 is 20.5 Å². The minimum atomic E-state index is -0.531. The summed E-state index contributed by atoms with van der Waals surface area (Å²) in [6.45, 7) is 1.40. The number of nitrogens with zero attached hydrogens (tertiary/aromatic N) is 1. The molecular formula is C20H20ClN3O4. The van der Waals surface area contributed by atoms with E-state index in [2.05, 4.69) is 5.32 Å². The Balaban J connectivity index is 1.49. The first-order valence-corrected chi connectivity index (χ1v) is 9.38. The normalized spacial score (nSPS) is 18.2. The number of carbonyl (C=O) groups is 2. The summed E-state index contributed by atoms with van der Waals surface area (Å²) in [5, 5.41) is 3.15. The predicted octanol–water partition coefficient (Wildman–Crippen LogP) is 1.96. The second kappa shape index (κ2) is 7.69. The Bertz CT molecular complexity index is 934. The molecule has 4 rings (SSSR count). The Morgan fingerprint density at radius 3 is 2.54 bits per heavy atom. The highest BCUT2D eigenvalue weighted by Crippen LogP contribution is 2.38. The van der Waals surface area contributed by atoms with E-state index in [0.29, 0.717) is 48.4 Å². The monoisotopic (exact) mass is 401 g/mol. The van der Waals surface area contributed by atoms with Crippen LogP contribution in [0.3, 0.4) is 0 Å². The largest absolute Gasteiger partial charge is 0.486 e. The molecule has 7 nitrogen and oxygen atoms in total. The molecule has 2 aromatic carbocycles. The average molecular weight is 402 g/mol. The van der Waals surface area contributed by atoms with Crippen molar-refractivity contribution >= 4 is 29.1 Å². The number of amides is 2. The van der Waals surface area contributed by atoms with E-state index in [0.717, 1.165) is 11.1 Å². The van der Waals surface area contributed by atoms with Crippen LogP contribution in [0.5, 0.6) is 11.5 Å². The first-order valence-electron chi connectivity index (χ1n) is 9.00. The fraction of sp³-hybridized carbons (Fsp3) is 0.300. The van der Waals surface area contributed by atoms with Gasteiger partial charge in [-0.2, -0.15) is 0 Å². The zero-order valence-corrected chi connectivity index (χ0v) is 15.9. The molecule has 3 N–H and O–H groups in total. The van der Waals surface area contributed by atoms with Crippen LogP contribution in [-0.2, 0) is 22.6 Å². The quantitative estimate of drug-likeness (QED) is 0.816. The highest BCUT2D eigenvalue weighted by atomic mass is 35.5. The van der Waals surface area contributed by atoms with Crippen LogP contribution in [0.1, 0.15) is 11.1 Å². The van der Waals surface area contributed by atoms with Gasteiger partial charge >= 0.3 is 0 Å². The van der Waals surface area contributed by atoms with E-state index in [-0.39, 0.29) is 12.5 Å². The zero-order valence-electron chi connectivity index (χ0n) is 15.1. The van der Waals surface area contributed by atoms with Crippen molar-refractivity contribution in [3.63, 3.8) is 0 Å². The number of carbonyl (C=O) groups excluding carboxylic acids is 2. The lowest BCUT2D eigenvalue weighted by Gasteiger charge is -2.34. The van der Waals surface area contributed by atoms with Crippen molar-refractivity contribution < 1.29 is 19.1 Å². The van der Waals surface area contributed by atoms with Crippen LogP contribution in [0, 0.1) is 0 Å². The van der Waals surface area contributed by atoms with Gasteiger partial charge in [0.15, 0.2) is 11.5 Å². The van der Waals surface area contributed by atoms with Crippen molar-refractivity contribution in [1.82, 2.24) is 4.90 Å². The highest BCUT2D eigenvalue weighted by molar-refractivity contribution is 6.34. The van der Waals surface area contributed by atoms with Gasteiger partial charge in [0.25, 0.3) is 0 Å². The van der Waals surface area contributed by atoms with Gasteiger partial charge in [-0.25, -0.2) is 0 Å². The van der Waals surface area contributed by atoms with E-state index >= 15 is 0 Å². The molecular weight excluding hydrogens is 382 g/mol. The molecule has 2 aliphatic rings. The summed E-state index contributed by atoms with van der Waals surface area (Å²) in [4.78, 5) is 26.4. The minimum Gasteiger partial charge on any atom is -0.486 e. The molecule has 1 unspecified atom stereocenters. The van der Waals surface area contributed by atoms with Crippen molar-refractivity contribution in [2.24, 2.45) is 5.73 Å². The second-order valence-corrected chi connectivity index (χ2v) is 7.23. The Morgan fingerprint density at radius 1 is 1.14 bits per heavy atom. The Morgan fingerprint density at radius 2 is 1.82 bits per heavy atom.